The van der Waals surface area contributed by atoms with Crippen LogP contribution in [0.25, 0.3) is 11.5 Å². The van der Waals surface area contributed by atoms with Crippen molar-refractivity contribution in [3.05, 3.63) is 64.1 Å². The van der Waals surface area contributed by atoms with Crippen LogP contribution >= 0.6 is 15.9 Å². The molecular formula is C19H16BrN3O4. The van der Waals surface area contributed by atoms with E-state index in [9.17, 15) is 9.59 Å². The Balaban J connectivity index is 1.48. The molecule has 3 aromatic rings. The SMILES string of the molecule is Cc1ccnc(-c2noc(COC(=O)CCC(=O)c3ccc(Br)cc3)n2)c1. The van der Waals surface area contributed by atoms with Gasteiger partial charge in [-0.05, 0) is 36.8 Å². The summed E-state index contributed by atoms with van der Waals surface area (Å²) in [5.74, 6) is -0.130. The van der Waals surface area contributed by atoms with Crippen molar-refractivity contribution in [2.24, 2.45) is 0 Å². The minimum Gasteiger partial charge on any atom is -0.456 e. The smallest absolute Gasteiger partial charge is 0.306 e. The minimum atomic E-state index is -0.506. The molecule has 0 spiro atoms. The molecular weight excluding hydrogens is 414 g/mol. The van der Waals surface area contributed by atoms with Crippen LogP contribution < -0.4 is 0 Å². The van der Waals surface area contributed by atoms with Gasteiger partial charge in [-0.15, -0.1) is 0 Å². The molecule has 27 heavy (non-hydrogen) atoms. The van der Waals surface area contributed by atoms with E-state index in [0.717, 1.165) is 10.0 Å². The molecule has 8 heteroatoms. The van der Waals surface area contributed by atoms with Crippen molar-refractivity contribution in [1.29, 1.82) is 0 Å². The molecule has 7 nitrogen and oxygen atoms in total. The van der Waals surface area contributed by atoms with Crippen LogP contribution in [0.4, 0.5) is 0 Å². The zero-order valence-corrected chi connectivity index (χ0v) is 16.1. The summed E-state index contributed by atoms with van der Waals surface area (Å²) in [5.41, 5.74) is 2.16. The average Bonchev–Trinajstić information content (AvgIpc) is 3.14. The fourth-order valence-electron chi connectivity index (χ4n) is 2.29. The van der Waals surface area contributed by atoms with E-state index in [0.29, 0.717) is 17.1 Å². The van der Waals surface area contributed by atoms with E-state index in [1.165, 1.54) is 0 Å². The summed E-state index contributed by atoms with van der Waals surface area (Å²) in [4.78, 5) is 32.2. The van der Waals surface area contributed by atoms with Crippen molar-refractivity contribution in [2.75, 3.05) is 0 Å². The molecule has 0 saturated heterocycles. The topological polar surface area (TPSA) is 95.2 Å². The summed E-state index contributed by atoms with van der Waals surface area (Å²) < 4.78 is 11.0. The number of hydrogen-bond acceptors (Lipinski definition) is 7. The Morgan fingerprint density at radius 2 is 1.93 bits per heavy atom. The number of aryl methyl sites for hydroxylation is 1. The Morgan fingerprint density at radius 3 is 2.67 bits per heavy atom. The van der Waals surface area contributed by atoms with Crippen LogP contribution in [0, 0.1) is 6.92 Å². The van der Waals surface area contributed by atoms with E-state index in [2.05, 4.69) is 31.1 Å². The van der Waals surface area contributed by atoms with Gasteiger partial charge in [0.15, 0.2) is 12.4 Å². The Labute approximate surface area is 163 Å². The average molecular weight is 430 g/mol. The number of esters is 1. The van der Waals surface area contributed by atoms with Gasteiger partial charge < -0.3 is 9.26 Å². The Kier molecular flexibility index (Phi) is 6.08. The number of hydrogen-bond donors (Lipinski definition) is 0. The van der Waals surface area contributed by atoms with Crippen LogP contribution in [0.15, 0.2) is 51.6 Å². The van der Waals surface area contributed by atoms with Crippen LogP contribution in [0.2, 0.25) is 0 Å². The number of ketones is 1. The lowest BCUT2D eigenvalue weighted by Crippen LogP contribution is -2.08. The van der Waals surface area contributed by atoms with Crippen molar-refractivity contribution < 1.29 is 18.8 Å². The van der Waals surface area contributed by atoms with Crippen LogP contribution in [-0.2, 0) is 16.1 Å². The third kappa shape index (κ3) is 5.30. The van der Waals surface area contributed by atoms with Gasteiger partial charge in [0.2, 0.25) is 5.82 Å². The quantitative estimate of drug-likeness (QED) is 0.414. The number of halogens is 1. The number of benzene rings is 1. The minimum absolute atomic E-state index is 0.0185. The summed E-state index contributed by atoms with van der Waals surface area (Å²) in [5, 5.41) is 3.83. The van der Waals surface area contributed by atoms with Crippen LogP contribution in [0.3, 0.4) is 0 Å². The van der Waals surface area contributed by atoms with Crippen LogP contribution in [0.1, 0.15) is 34.7 Å². The van der Waals surface area contributed by atoms with Gasteiger partial charge in [0.05, 0.1) is 6.42 Å². The second-order valence-corrected chi connectivity index (χ2v) is 6.74. The fourth-order valence-corrected chi connectivity index (χ4v) is 2.55. The highest BCUT2D eigenvalue weighted by molar-refractivity contribution is 9.10. The zero-order valence-electron chi connectivity index (χ0n) is 14.5. The molecule has 0 radical (unpaired) electrons. The molecule has 0 saturated carbocycles. The molecule has 138 valence electrons. The first kappa shape index (κ1) is 18.9. The van der Waals surface area contributed by atoms with Crippen molar-refractivity contribution in [2.45, 2.75) is 26.4 Å². The van der Waals surface area contributed by atoms with Crippen molar-refractivity contribution in [1.82, 2.24) is 15.1 Å². The predicted octanol–water partition coefficient (Wildman–Crippen LogP) is 3.91. The molecule has 0 N–H and O–H groups in total. The highest BCUT2D eigenvalue weighted by Gasteiger charge is 2.14. The standard InChI is InChI=1S/C19H16BrN3O4/c1-12-8-9-21-15(10-12)19-22-17(27-23-19)11-26-18(25)7-6-16(24)13-2-4-14(20)5-3-13/h2-5,8-10H,6-7,11H2,1H3. The van der Waals surface area contributed by atoms with Gasteiger partial charge in [-0.1, -0.05) is 33.2 Å². The Bertz CT molecular complexity index is 954. The molecule has 0 aliphatic carbocycles. The maximum Gasteiger partial charge on any atom is 0.306 e. The monoisotopic (exact) mass is 429 g/mol. The van der Waals surface area contributed by atoms with Crippen molar-refractivity contribution in [3.8, 4) is 11.5 Å². The third-order valence-corrected chi connectivity index (χ3v) is 4.22. The molecule has 0 atom stereocenters. The van der Waals surface area contributed by atoms with Crippen molar-refractivity contribution in [3.63, 3.8) is 0 Å². The lowest BCUT2D eigenvalue weighted by Gasteiger charge is -2.02. The molecule has 3 rings (SSSR count). The van der Waals surface area contributed by atoms with Gasteiger partial charge in [0.25, 0.3) is 5.89 Å². The normalized spacial score (nSPS) is 10.6. The molecule has 0 bridgehead atoms. The Morgan fingerprint density at radius 1 is 1.15 bits per heavy atom. The van der Waals surface area contributed by atoms with Crippen LogP contribution in [0.5, 0.6) is 0 Å². The fraction of sp³-hybridized carbons (Fsp3) is 0.211. The second-order valence-electron chi connectivity index (χ2n) is 5.82. The molecule has 2 aromatic heterocycles. The lowest BCUT2D eigenvalue weighted by atomic mass is 10.1. The first-order chi connectivity index (χ1) is 13.0. The van der Waals surface area contributed by atoms with E-state index in [1.54, 1.807) is 30.5 Å². The van der Waals surface area contributed by atoms with E-state index in [1.807, 2.05) is 19.1 Å². The summed E-state index contributed by atoms with van der Waals surface area (Å²) in [6.45, 7) is 1.79. The summed E-state index contributed by atoms with van der Waals surface area (Å²) in [6.07, 6.45) is 1.71. The zero-order chi connectivity index (χ0) is 19.2. The molecule has 2 heterocycles. The molecule has 0 fully saturated rings. The van der Waals surface area contributed by atoms with Gasteiger partial charge in [-0.3, -0.25) is 14.6 Å². The number of ether oxygens (including phenoxy) is 1. The maximum absolute atomic E-state index is 12.1. The third-order valence-electron chi connectivity index (χ3n) is 3.69. The van der Waals surface area contributed by atoms with Crippen LogP contribution in [-0.4, -0.2) is 26.9 Å². The van der Waals surface area contributed by atoms with Gasteiger partial charge in [-0.2, -0.15) is 4.98 Å². The summed E-state index contributed by atoms with van der Waals surface area (Å²) in [7, 11) is 0. The number of pyridine rings is 1. The first-order valence-corrected chi connectivity index (χ1v) is 9.00. The largest absolute Gasteiger partial charge is 0.456 e. The van der Waals surface area contributed by atoms with E-state index < -0.39 is 5.97 Å². The van der Waals surface area contributed by atoms with Crippen molar-refractivity contribution >= 4 is 27.7 Å². The number of Topliss-reactive ketones (excluding diaryl/α,β-unsaturated/α-hetero) is 1. The number of carbonyl (C=O) groups is 2. The van der Waals surface area contributed by atoms with Gasteiger partial charge in [0, 0.05) is 22.7 Å². The molecule has 1 aromatic carbocycles. The van der Waals surface area contributed by atoms with Gasteiger partial charge >= 0.3 is 5.97 Å². The number of nitrogens with zero attached hydrogens (tertiary/aromatic N) is 3. The van der Waals surface area contributed by atoms with E-state index >= 15 is 0 Å². The summed E-state index contributed by atoms with van der Waals surface area (Å²) >= 11 is 3.31. The molecule has 0 aliphatic rings. The lowest BCUT2D eigenvalue weighted by molar-refractivity contribution is -0.145. The molecule has 0 aliphatic heterocycles. The maximum atomic E-state index is 12.1. The number of carbonyl (C=O) groups excluding carboxylic acids is 2. The number of aromatic nitrogens is 3. The van der Waals surface area contributed by atoms with E-state index in [4.69, 9.17) is 9.26 Å². The Hall–Kier alpha value is -2.87. The predicted molar refractivity (Wildman–Crippen MR) is 99.8 cm³/mol. The van der Waals surface area contributed by atoms with Gasteiger partial charge in [0.1, 0.15) is 5.69 Å². The molecule has 0 unspecified atom stereocenters. The van der Waals surface area contributed by atoms with E-state index in [-0.39, 0.29) is 31.1 Å². The first-order valence-electron chi connectivity index (χ1n) is 8.21. The van der Waals surface area contributed by atoms with Gasteiger partial charge in [-0.25, -0.2) is 0 Å². The highest BCUT2D eigenvalue weighted by atomic mass is 79.9. The molecule has 0 amide bonds. The number of rotatable bonds is 7. The highest BCUT2D eigenvalue weighted by Crippen LogP contribution is 2.15. The summed E-state index contributed by atoms with van der Waals surface area (Å²) in [6, 6.07) is 10.7. The second kappa shape index (κ2) is 8.68.